The van der Waals surface area contributed by atoms with Crippen LogP contribution >= 0.6 is 11.8 Å². The second-order valence-corrected chi connectivity index (χ2v) is 6.75. The van der Waals surface area contributed by atoms with E-state index in [1.165, 1.54) is 11.8 Å². The van der Waals surface area contributed by atoms with Crippen LogP contribution in [-0.2, 0) is 9.59 Å². The largest absolute Gasteiger partial charge is 0.497 e. The summed E-state index contributed by atoms with van der Waals surface area (Å²) in [5.74, 6) is 1.12. The Labute approximate surface area is 157 Å². The maximum absolute atomic E-state index is 12.2. The van der Waals surface area contributed by atoms with E-state index in [1.807, 2.05) is 12.1 Å². The predicted octanol–water partition coefficient (Wildman–Crippen LogP) is 3.40. The molecule has 0 radical (unpaired) electrons. The monoisotopic (exact) mass is 374 g/mol. The fraction of sp³-hybridized carbons (Fsp3) is 0.263. The van der Waals surface area contributed by atoms with Crippen molar-refractivity contribution in [1.29, 1.82) is 0 Å². The van der Waals surface area contributed by atoms with Crippen molar-refractivity contribution in [2.24, 2.45) is 0 Å². The minimum Gasteiger partial charge on any atom is -0.497 e. The summed E-state index contributed by atoms with van der Waals surface area (Å²) in [5.41, 5.74) is 1.29. The van der Waals surface area contributed by atoms with Gasteiger partial charge in [-0.15, -0.1) is 11.8 Å². The van der Waals surface area contributed by atoms with E-state index in [0.717, 1.165) is 5.75 Å². The zero-order valence-electron chi connectivity index (χ0n) is 14.9. The number of anilines is 2. The van der Waals surface area contributed by atoms with Crippen LogP contribution in [0.4, 0.5) is 11.4 Å². The number of nitrogens with one attached hydrogen (secondary N) is 2. The molecule has 0 aromatic heterocycles. The van der Waals surface area contributed by atoms with Crippen LogP contribution in [0.5, 0.6) is 11.5 Å². The van der Waals surface area contributed by atoms with Crippen LogP contribution in [0.2, 0.25) is 0 Å². The lowest BCUT2D eigenvalue weighted by atomic mass is 10.3. The molecule has 2 aromatic carbocycles. The highest BCUT2D eigenvalue weighted by Crippen LogP contribution is 2.23. The molecule has 6 nitrogen and oxygen atoms in total. The zero-order chi connectivity index (χ0) is 18.9. The van der Waals surface area contributed by atoms with Gasteiger partial charge in [0.2, 0.25) is 11.8 Å². The molecule has 0 spiro atoms. The van der Waals surface area contributed by atoms with E-state index >= 15 is 0 Å². The van der Waals surface area contributed by atoms with Crippen LogP contribution < -0.4 is 20.1 Å². The molecule has 1 atom stereocenters. The number of ether oxygens (including phenoxy) is 2. The lowest BCUT2D eigenvalue weighted by molar-refractivity contribution is -0.115. The standard InChI is InChI=1S/C19H22N2O4S/c1-13(19(23)20-14-8-10-15(24-2)11-9-14)26-12-18(22)21-16-6-4-5-7-17(16)25-3/h4-11,13H,12H2,1-3H3,(H,20,23)(H,21,22)/t13-/m0/s1. The number of benzene rings is 2. The van der Waals surface area contributed by atoms with Gasteiger partial charge in [0.25, 0.3) is 0 Å². The van der Waals surface area contributed by atoms with Gasteiger partial charge in [-0.1, -0.05) is 12.1 Å². The molecule has 138 valence electrons. The van der Waals surface area contributed by atoms with Gasteiger partial charge in [0.05, 0.1) is 30.9 Å². The molecular formula is C19H22N2O4S. The van der Waals surface area contributed by atoms with E-state index in [-0.39, 0.29) is 22.8 Å². The number of methoxy groups -OCH3 is 2. The summed E-state index contributed by atoms with van der Waals surface area (Å²) >= 11 is 1.26. The zero-order valence-corrected chi connectivity index (χ0v) is 15.8. The van der Waals surface area contributed by atoms with Gasteiger partial charge in [-0.2, -0.15) is 0 Å². The van der Waals surface area contributed by atoms with E-state index in [1.54, 1.807) is 57.5 Å². The molecular weight excluding hydrogens is 352 g/mol. The highest BCUT2D eigenvalue weighted by molar-refractivity contribution is 8.01. The summed E-state index contributed by atoms with van der Waals surface area (Å²) in [4.78, 5) is 24.3. The normalized spacial score (nSPS) is 11.3. The molecule has 2 rings (SSSR count). The summed E-state index contributed by atoms with van der Waals surface area (Å²) in [6.07, 6.45) is 0. The first kappa shape index (κ1) is 19.7. The minimum atomic E-state index is -0.375. The third kappa shape index (κ3) is 5.70. The first-order chi connectivity index (χ1) is 12.5. The van der Waals surface area contributed by atoms with Crippen molar-refractivity contribution in [3.05, 3.63) is 48.5 Å². The molecule has 0 heterocycles. The van der Waals surface area contributed by atoms with Crippen LogP contribution in [0, 0.1) is 0 Å². The SMILES string of the molecule is COc1ccc(NC(=O)[C@H](C)SCC(=O)Nc2ccccc2OC)cc1. The van der Waals surface area contributed by atoms with E-state index in [0.29, 0.717) is 17.1 Å². The third-order valence-corrected chi connectivity index (χ3v) is 4.72. The summed E-state index contributed by atoms with van der Waals surface area (Å²) in [6, 6.07) is 14.3. The molecule has 2 aromatic rings. The number of carbonyl (C=O) groups is 2. The maximum Gasteiger partial charge on any atom is 0.237 e. The first-order valence-corrected chi connectivity index (χ1v) is 9.07. The van der Waals surface area contributed by atoms with E-state index in [9.17, 15) is 9.59 Å². The van der Waals surface area contributed by atoms with Gasteiger partial charge >= 0.3 is 0 Å². The topological polar surface area (TPSA) is 76.7 Å². The molecule has 0 saturated carbocycles. The Hall–Kier alpha value is -2.67. The highest BCUT2D eigenvalue weighted by atomic mass is 32.2. The molecule has 2 amide bonds. The Bertz CT molecular complexity index is 749. The third-order valence-electron chi connectivity index (χ3n) is 3.57. The van der Waals surface area contributed by atoms with Gasteiger partial charge < -0.3 is 20.1 Å². The number of hydrogen-bond acceptors (Lipinski definition) is 5. The van der Waals surface area contributed by atoms with Gasteiger partial charge in [0.1, 0.15) is 11.5 Å². The fourth-order valence-corrected chi connectivity index (χ4v) is 2.81. The Balaban J connectivity index is 1.81. The van der Waals surface area contributed by atoms with E-state index in [4.69, 9.17) is 9.47 Å². The Kier molecular flexibility index (Phi) is 7.35. The number of hydrogen-bond donors (Lipinski definition) is 2. The predicted molar refractivity (Wildman–Crippen MR) is 105 cm³/mol. The van der Waals surface area contributed by atoms with Crippen molar-refractivity contribution in [3.8, 4) is 11.5 Å². The quantitative estimate of drug-likeness (QED) is 0.741. The minimum absolute atomic E-state index is 0.162. The molecule has 7 heteroatoms. The summed E-state index contributed by atoms with van der Waals surface area (Å²) in [7, 11) is 3.13. The molecule has 0 saturated heterocycles. The van der Waals surface area contributed by atoms with Gasteiger partial charge in [-0.05, 0) is 43.3 Å². The number of thioether (sulfide) groups is 1. The molecule has 26 heavy (non-hydrogen) atoms. The van der Waals surface area contributed by atoms with Crippen LogP contribution in [0.15, 0.2) is 48.5 Å². The molecule has 0 unspecified atom stereocenters. The Morgan fingerprint density at radius 3 is 2.35 bits per heavy atom. The van der Waals surface area contributed by atoms with Crippen molar-refractivity contribution >= 4 is 35.0 Å². The molecule has 0 fully saturated rings. The van der Waals surface area contributed by atoms with E-state index in [2.05, 4.69) is 10.6 Å². The molecule has 0 bridgehead atoms. The number of carbonyl (C=O) groups excluding carboxylic acids is 2. The van der Waals surface area contributed by atoms with Crippen LogP contribution in [0.25, 0.3) is 0 Å². The average molecular weight is 374 g/mol. The van der Waals surface area contributed by atoms with Crippen molar-refractivity contribution in [2.75, 3.05) is 30.6 Å². The summed E-state index contributed by atoms with van der Waals surface area (Å²) in [6.45, 7) is 1.76. The molecule has 2 N–H and O–H groups in total. The fourth-order valence-electron chi connectivity index (χ4n) is 2.13. The van der Waals surface area contributed by atoms with Gasteiger partial charge in [0.15, 0.2) is 0 Å². The smallest absolute Gasteiger partial charge is 0.237 e. The highest BCUT2D eigenvalue weighted by Gasteiger charge is 2.16. The van der Waals surface area contributed by atoms with Crippen LogP contribution in [0.1, 0.15) is 6.92 Å². The van der Waals surface area contributed by atoms with Gasteiger partial charge in [-0.25, -0.2) is 0 Å². The second-order valence-electron chi connectivity index (χ2n) is 5.42. The van der Waals surface area contributed by atoms with Crippen molar-refractivity contribution < 1.29 is 19.1 Å². The molecule has 0 aliphatic rings. The molecule has 0 aliphatic heterocycles. The number of rotatable bonds is 8. The maximum atomic E-state index is 12.2. The summed E-state index contributed by atoms with van der Waals surface area (Å²) < 4.78 is 10.3. The Morgan fingerprint density at radius 1 is 1.00 bits per heavy atom. The lowest BCUT2D eigenvalue weighted by Crippen LogP contribution is -2.25. The van der Waals surface area contributed by atoms with Gasteiger partial charge in [-0.3, -0.25) is 9.59 Å². The van der Waals surface area contributed by atoms with Crippen LogP contribution in [0.3, 0.4) is 0 Å². The van der Waals surface area contributed by atoms with E-state index < -0.39 is 0 Å². The van der Waals surface area contributed by atoms with Crippen molar-refractivity contribution in [2.45, 2.75) is 12.2 Å². The number of amides is 2. The van der Waals surface area contributed by atoms with Crippen LogP contribution in [-0.4, -0.2) is 37.0 Å². The van der Waals surface area contributed by atoms with Gasteiger partial charge in [0, 0.05) is 5.69 Å². The average Bonchev–Trinajstić information content (AvgIpc) is 2.67. The van der Waals surface area contributed by atoms with Crippen molar-refractivity contribution in [3.63, 3.8) is 0 Å². The molecule has 0 aliphatic carbocycles. The lowest BCUT2D eigenvalue weighted by Gasteiger charge is -2.13. The first-order valence-electron chi connectivity index (χ1n) is 8.03. The number of para-hydroxylation sites is 2. The Morgan fingerprint density at radius 2 is 1.69 bits per heavy atom. The summed E-state index contributed by atoms with van der Waals surface area (Å²) in [5, 5.41) is 5.23. The second kappa shape index (κ2) is 9.72. The van der Waals surface area contributed by atoms with Crippen molar-refractivity contribution in [1.82, 2.24) is 0 Å².